The Morgan fingerprint density at radius 1 is 1.00 bits per heavy atom. The SMILES string of the molecule is CCN(CCCCCCO)C(=O)c1cc([N+](=O)[O-])cc([N+](=O)[O-])c1N(CCBr)CCBr. The Labute approximate surface area is 198 Å². The van der Waals surface area contributed by atoms with E-state index in [1.165, 1.54) is 0 Å². The first-order valence-electron chi connectivity index (χ1n) is 10.1. The van der Waals surface area contributed by atoms with E-state index in [1.807, 2.05) is 0 Å². The van der Waals surface area contributed by atoms with E-state index < -0.39 is 27.1 Å². The van der Waals surface area contributed by atoms with Gasteiger partial charge in [0.15, 0.2) is 0 Å². The Kier molecular flexibility index (Phi) is 12.6. The van der Waals surface area contributed by atoms with E-state index in [4.69, 9.17) is 5.11 Å². The van der Waals surface area contributed by atoms with Crippen molar-refractivity contribution in [1.82, 2.24) is 4.90 Å². The Morgan fingerprint density at radius 2 is 1.61 bits per heavy atom. The predicted molar refractivity (Wildman–Crippen MR) is 127 cm³/mol. The maximum Gasteiger partial charge on any atom is 0.300 e. The fraction of sp³-hybridized carbons (Fsp3) is 0.632. The first kappa shape index (κ1) is 27.2. The molecule has 0 saturated heterocycles. The van der Waals surface area contributed by atoms with E-state index in [2.05, 4.69) is 31.9 Å². The number of hydrogen-bond acceptors (Lipinski definition) is 7. The standard InChI is InChI=1S/C19H28Br2N4O6/c1-2-22(9-5-3-4-6-12-26)19(27)16-13-15(24(28)29)14-17(25(30)31)18(16)23(10-7-20)11-8-21/h13-14,26H,2-12H2,1H3. The number of benzene rings is 1. The molecule has 1 aromatic rings. The zero-order chi connectivity index (χ0) is 23.4. The second-order valence-corrected chi connectivity index (χ2v) is 8.35. The molecule has 0 saturated carbocycles. The third-order valence-electron chi connectivity index (χ3n) is 4.74. The Bertz CT molecular complexity index is 759. The second kappa shape index (κ2) is 14.3. The van der Waals surface area contributed by atoms with Crippen LogP contribution in [-0.2, 0) is 0 Å². The first-order chi connectivity index (χ1) is 14.8. The topological polar surface area (TPSA) is 130 Å². The molecule has 0 aliphatic rings. The van der Waals surface area contributed by atoms with Crippen LogP contribution in [0.2, 0.25) is 0 Å². The summed E-state index contributed by atoms with van der Waals surface area (Å²) in [6.07, 6.45) is 3.05. The van der Waals surface area contributed by atoms with Crippen LogP contribution in [0.1, 0.15) is 43.0 Å². The van der Waals surface area contributed by atoms with Crippen LogP contribution in [-0.4, -0.2) is 69.2 Å². The van der Waals surface area contributed by atoms with Crippen LogP contribution in [0.4, 0.5) is 17.1 Å². The molecule has 0 aliphatic carbocycles. The van der Waals surface area contributed by atoms with Crippen LogP contribution >= 0.6 is 31.9 Å². The minimum atomic E-state index is -0.724. The number of anilines is 1. The third kappa shape index (κ3) is 8.00. The molecule has 1 aromatic carbocycles. The molecule has 0 fully saturated rings. The Morgan fingerprint density at radius 3 is 2.10 bits per heavy atom. The lowest BCUT2D eigenvalue weighted by Gasteiger charge is -2.27. The number of nitrogens with zero attached hydrogens (tertiary/aromatic N) is 4. The summed E-state index contributed by atoms with van der Waals surface area (Å²) in [5.74, 6) is -0.472. The molecule has 0 radical (unpaired) electrons. The number of unbranched alkanes of at least 4 members (excludes halogenated alkanes) is 3. The van der Waals surface area contributed by atoms with Crippen LogP contribution in [0.25, 0.3) is 0 Å². The lowest BCUT2D eigenvalue weighted by atomic mass is 10.1. The van der Waals surface area contributed by atoms with Gasteiger partial charge in [0.1, 0.15) is 5.69 Å². The summed E-state index contributed by atoms with van der Waals surface area (Å²) >= 11 is 6.65. The Hall–Kier alpha value is -1.79. The lowest BCUT2D eigenvalue weighted by molar-refractivity contribution is -0.393. The van der Waals surface area contributed by atoms with Crippen molar-refractivity contribution in [3.63, 3.8) is 0 Å². The highest BCUT2D eigenvalue weighted by atomic mass is 79.9. The highest BCUT2D eigenvalue weighted by Gasteiger charge is 2.32. The fourth-order valence-corrected chi connectivity index (χ4v) is 4.08. The predicted octanol–water partition coefficient (Wildman–Crippen LogP) is 4.11. The van der Waals surface area contributed by atoms with Gasteiger partial charge in [-0.2, -0.15) is 0 Å². The molecule has 0 atom stereocenters. The second-order valence-electron chi connectivity index (χ2n) is 6.76. The number of non-ortho nitro benzene ring substituents is 1. The van der Waals surface area contributed by atoms with Gasteiger partial charge < -0.3 is 14.9 Å². The van der Waals surface area contributed by atoms with E-state index in [-0.39, 0.29) is 17.9 Å². The summed E-state index contributed by atoms with van der Waals surface area (Å²) in [6.45, 7) is 3.48. The van der Waals surface area contributed by atoms with Crippen molar-refractivity contribution in [1.29, 1.82) is 0 Å². The summed E-state index contributed by atoms with van der Waals surface area (Å²) in [6, 6.07) is 2.04. The highest BCUT2D eigenvalue weighted by molar-refractivity contribution is 9.09. The molecule has 0 bridgehead atoms. The molecule has 10 nitrogen and oxygen atoms in total. The van der Waals surface area contributed by atoms with E-state index in [0.29, 0.717) is 49.7 Å². The molecule has 174 valence electrons. The average Bonchev–Trinajstić information content (AvgIpc) is 2.74. The van der Waals surface area contributed by atoms with Gasteiger partial charge in [0.25, 0.3) is 17.3 Å². The number of amides is 1. The van der Waals surface area contributed by atoms with Crippen molar-refractivity contribution in [2.24, 2.45) is 0 Å². The van der Waals surface area contributed by atoms with Gasteiger partial charge in [0.2, 0.25) is 0 Å². The average molecular weight is 568 g/mol. The number of nitro benzene ring substituents is 2. The number of halogens is 2. The van der Waals surface area contributed by atoms with Gasteiger partial charge in [-0.25, -0.2) is 0 Å². The zero-order valence-corrected chi connectivity index (χ0v) is 20.6. The molecule has 1 amide bonds. The van der Waals surface area contributed by atoms with Crippen LogP contribution in [0.5, 0.6) is 0 Å². The number of rotatable bonds is 15. The Balaban J connectivity index is 3.46. The smallest absolute Gasteiger partial charge is 0.300 e. The number of hydrogen-bond donors (Lipinski definition) is 1. The van der Waals surface area contributed by atoms with Crippen LogP contribution in [0, 0.1) is 20.2 Å². The maximum absolute atomic E-state index is 13.4. The van der Waals surface area contributed by atoms with Gasteiger partial charge in [0.05, 0.1) is 21.5 Å². The summed E-state index contributed by atoms with van der Waals surface area (Å²) < 4.78 is 0. The summed E-state index contributed by atoms with van der Waals surface area (Å²) in [5, 5.41) is 33.1. The minimum absolute atomic E-state index is 0.0417. The third-order valence-corrected chi connectivity index (χ3v) is 5.45. The molecule has 12 heteroatoms. The lowest BCUT2D eigenvalue weighted by Crippen LogP contribution is -2.35. The van der Waals surface area contributed by atoms with Crippen LogP contribution in [0.15, 0.2) is 12.1 Å². The quantitative estimate of drug-likeness (QED) is 0.146. The van der Waals surface area contributed by atoms with Crippen molar-refractivity contribution in [2.45, 2.75) is 32.6 Å². The molecule has 0 heterocycles. The number of alkyl halides is 2. The van der Waals surface area contributed by atoms with E-state index in [1.54, 1.807) is 16.7 Å². The fourth-order valence-electron chi connectivity index (χ4n) is 3.23. The first-order valence-corrected chi connectivity index (χ1v) is 12.3. The number of aliphatic hydroxyl groups is 1. The highest BCUT2D eigenvalue weighted by Crippen LogP contribution is 2.37. The van der Waals surface area contributed by atoms with Crippen molar-refractivity contribution < 1.29 is 19.7 Å². The zero-order valence-electron chi connectivity index (χ0n) is 17.5. The number of aliphatic hydroxyl groups excluding tert-OH is 1. The summed E-state index contributed by atoms with van der Waals surface area (Å²) in [4.78, 5) is 38.4. The number of carbonyl (C=O) groups excluding carboxylic acids is 1. The van der Waals surface area contributed by atoms with Gasteiger partial charge in [0, 0.05) is 49.5 Å². The molecule has 31 heavy (non-hydrogen) atoms. The summed E-state index contributed by atoms with van der Waals surface area (Å²) in [5.41, 5.74) is -0.896. The number of nitro groups is 2. The van der Waals surface area contributed by atoms with Gasteiger partial charge in [-0.15, -0.1) is 0 Å². The van der Waals surface area contributed by atoms with E-state index in [0.717, 1.165) is 25.0 Å². The summed E-state index contributed by atoms with van der Waals surface area (Å²) in [7, 11) is 0. The molecule has 0 aliphatic heterocycles. The largest absolute Gasteiger partial charge is 0.396 e. The van der Waals surface area contributed by atoms with Crippen LogP contribution < -0.4 is 4.90 Å². The monoisotopic (exact) mass is 566 g/mol. The van der Waals surface area contributed by atoms with Gasteiger partial charge in [-0.05, 0) is 19.8 Å². The van der Waals surface area contributed by atoms with Crippen molar-refractivity contribution in [2.75, 3.05) is 48.3 Å². The molecular weight excluding hydrogens is 540 g/mol. The van der Waals surface area contributed by atoms with E-state index in [9.17, 15) is 25.0 Å². The van der Waals surface area contributed by atoms with E-state index >= 15 is 0 Å². The van der Waals surface area contributed by atoms with Crippen molar-refractivity contribution >= 4 is 54.8 Å². The molecule has 1 rings (SSSR count). The minimum Gasteiger partial charge on any atom is -0.396 e. The molecule has 0 aromatic heterocycles. The normalized spacial score (nSPS) is 10.7. The maximum atomic E-state index is 13.4. The van der Waals surface area contributed by atoms with Gasteiger partial charge >= 0.3 is 0 Å². The molecule has 1 N–H and O–H groups in total. The molecule has 0 spiro atoms. The molecular formula is C19H28Br2N4O6. The van der Waals surface area contributed by atoms with Gasteiger partial charge in [-0.1, -0.05) is 44.7 Å². The van der Waals surface area contributed by atoms with Crippen molar-refractivity contribution in [3.8, 4) is 0 Å². The number of carbonyl (C=O) groups is 1. The van der Waals surface area contributed by atoms with Crippen LogP contribution in [0.3, 0.4) is 0 Å². The molecule has 0 unspecified atom stereocenters. The van der Waals surface area contributed by atoms with Crippen molar-refractivity contribution in [3.05, 3.63) is 37.9 Å². The van der Waals surface area contributed by atoms with Gasteiger partial charge in [-0.3, -0.25) is 25.0 Å².